The number of aromatic nitrogens is 3. The van der Waals surface area contributed by atoms with Crippen LogP contribution in [0.4, 0.5) is 0 Å². The van der Waals surface area contributed by atoms with Gasteiger partial charge in [-0.25, -0.2) is 9.78 Å². The van der Waals surface area contributed by atoms with Crippen molar-refractivity contribution in [2.45, 2.75) is 0 Å². The minimum absolute atomic E-state index is 0.339. The SMILES string of the molecule is O=c1nccc(-c2ccc3ncccc3c2)[nH]1. The van der Waals surface area contributed by atoms with Crippen LogP contribution in [-0.2, 0) is 0 Å². The van der Waals surface area contributed by atoms with Crippen molar-refractivity contribution in [3.63, 3.8) is 0 Å². The molecular formula is C13H9N3O. The lowest BCUT2D eigenvalue weighted by molar-refractivity contribution is 1.08. The van der Waals surface area contributed by atoms with Crippen molar-refractivity contribution < 1.29 is 0 Å². The van der Waals surface area contributed by atoms with Gasteiger partial charge in [0.1, 0.15) is 0 Å². The van der Waals surface area contributed by atoms with E-state index in [-0.39, 0.29) is 5.69 Å². The van der Waals surface area contributed by atoms with Crippen molar-refractivity contribution in [1.29, 1.82) is 0 Å². The van der Waals surface area contributed by atoms with Crippen LogP contribution in [0.15, 0.2) is 53.6 Å². The maximum Gasteiger partial charge on any atom is 0.345 e. The Bertz CT molecular complexity index is 734. The molecule has 0 saturated heterocycles. The molecule has 82 valence electrons. The monoisotopic (exact) mass is 223 g/mol. The van der Waals surface area contributed by atoms with Gasteiger partial charge in [-0.15, -0.1) is 0 Å². The standard InChI is InChI=1S/C13H9N3O/c17-13-15-7-5-12(16-13)10-3-4-11-9(8-10)2-1-6-14-11/h1-8H,(H,15,16,17). The Hall–Kier alpha value is -2.49. The van der Waals surface area contributed by atoms with Crippen molar-refractivity contribution in [1.82, 2.24) is 15.0 Å². The molecule has 0 atom stereocenters. The average Bonchev–Trinajstić information content (AvgIpc) is 2.38. The van der Waals surface area contributed by atoms with Gasteiger partial charge in [-0.05, 0) is 29.8 Å². The van der Waals surface area contributed by atoms with Crippen LogP contribution in [-0.4, -0.2) is 15.0 Å². The lowest BCUT2D eigenvalue weighted by Crippen LogP contribution is -2.09. The van der Waals surface area contributed by atoms with E-state index in [0.29, 0.717) is 0 Å². The first-order chi connectivity index (χ1) is 8.33. The van der Waals surface area contributed by atoms with Gasteiger partial charge in [0.2, 0.25) is 0 Å². The summed E-state index contributed by atoms with van der Waals surface area (Å²) in [6.07, 6.45) is 3.26. The zero-order valence-corrected chi connectivity index (χ0v) is 8.92. The second-order valence-corrected chi connectivity index (χ2v) is 3.70. The third-order valence-corrected chi connectivity index (χ3v) is 2.59. The molecule has 2 aromatic heterocycles. The number of benzene rings is 1. The molecular weight excluding hydrogens is 214 g/mol. The molecule has 0 aliphatic carbocycles. The number of pyridine rings is 1. The highest BCUT2D eigenvalue weighted by molar-refractivity contribution is 5.83. The summed E-state index contributed by atoms with van der Waals surface area (Å²) >= 11 is 0. The molecule has 4 nitrogen and oxygen atoms in total. The van der Waals surface area contributed by atoms with E-state index in [4.69, 9.17) is 0 Å². The van der Waals surface area contributed by atoms with Gasteiger partial charge in [0.25, 0.3) is 0 Å². The molecule has 0 unspecified atom stereocenters. The van der Waals surface area contributed by atoms with Gasteiger partial charge in [-0.1, -0.05) is 12.1 Å². The van der Waals surface area contributed by atoms with Crippen LogP contribution in [0.3, 0.4) is 0 Å². The summed E-state index contributed by atoms with van der Waals surface area (Å²) in [5.74, 6) is 0. The van der Waals surface area contributed by atoms with Gasteiger partial charge in [0.05, 0.1) is 11.2 Å². The van der Waals surface area contributed by atoms with E-state index in [2.05, 4.69) is 15.0 Å². The molecule has 4 heteroatoms. The summed E-state index contributed by atoms with van der Waals surface area (Å²) in [5, 5.41) is 1.04. The first-order valence-corrected chi connectivity index (χ1v) is 5.23. The Morgan fingerprint density at radius 2 is 1.94 bits per heavy atom. The maximum atomic E-state index is 11.1. The summed E-state index contributed by atoms with van der Waals surface area (Å²) in [7, 11) is 0. The largest absolute Gasteiger partial charge is 0.345 e. The number of H-pyrrole nitrogens is 1. The van der Waals surface area contributed by atoms with Crippen LogP contribution in [0.2, 0.25) is 0 Å². The van der Waals surface area contributed by atoms with E-state index in [1.54, 1.807) is 12.3 Å². The highest BCUT2D eigenvalue weighted by atomic mass is 16.1. The van der Waals surface area contributed by atoms with Crippen molar-refractivity contribution in [3.8, 4) is 11.3 Å². The molecule has 0 saturated carbocycles. The zero-order chi connectivity index (χ0) is 11.7. The van der Waals surface area contributed by atoms with Crippen molar-refractivity contribution >= 4 is 10.9 Å². The second-order valence-electron chi connectivity index (χ2n) is 3.70. The number of aromatic amines is 1. The van der Waals surface area contributed by atoms with E-state index >= 15 is 0 Å². The molecule has 3 rings (SSSR count). The van der Waals surface area contributed by atoms with Crippen LogP contribution in [0.1, 0.15) is 0 Å². The van der Waals surface area contributed by atoms with Gasteiger partial charge in [-0.3, -0.25) is 4.98 Å². The molecule has 17 heavy (non-hydrogen) atoms. The highest BCUT2D eigenvalue weighted by Crippen LogP contribution is 2.20. The van der Waals surface area contributed by atoms with Gasteiger partial charge >= 0.3 is 5.69 Å². The van der Waals surface area contributed by atoms with Crippen LogP contribution in [0.5, 0.6) is 0 Å². The lowest BCUT2D eigenvalue weighted by Gasteiger charge is -2.02. The molecule has 3 aromatic rings. The van der Waals surface area contributed by atoms with E-state index in [1.807, 2.05) is 30.3 Å². The molecule has 0 bridgehead atoms. The molecule has 0 fully saturated rings. The van der Waals surface area contributed by atoms with Crippen LogP contribution in [0, 0.1) is 0 Å². The number of nitrogens with zero attached hydrogens (tertiary/aromatic N) is 2. The normalized spacial score (nSPS) is 10.6. The third-order valence-electron chi connectivity index (χ3n) is 2.59. The summed E-state index contributed by atoms with van der Waals surface area (Å²) in [5.41, 5.74) is 2.31. The first-order valence-electron chi connectivity index (χ1n) is 5.23. The van der Waals surface area contributed by atoms with E-state index in [1.165, 1.54) is 6.20 Å². The second kappa shape index (κ2) is 3.83. The predicted molar refractivity (Wildman–Crippen MR) is 65.6 cm³/mol. The van der Waals surface area contributed by atoms with E-state index < -0.39 is 0 Å². The smallest absolute Gasteiger partial charge is 0.305 e. The first kappa shape index (κ1) is 9.72. The van der Waals surface area contributed by atoms with Gasteiger partial charge in [-0.2, -0.15) is 0 Å². The summed E-state index contributed by atoms with van der Waals surface area (Å²) in [6, 6.07) is 11.5. The Labute approximate surface area is 97.0 Å². The molecule has 1 N–H and O–H groups in total. The number of hydrogen-bond acceptors (Lipinski definition) is 3. The van der Waals surface area contributed by atoms with Crippen molar-refractivity contribution in [3.05, 3.63) is 59.3 Å². The molecule has 0 aliphatic heterocycles. The number of hydrogen-bond donors (Lipinski definition) is 1. The van der Waals surface area contributed by atoms with Crippen LogP contribution >= 0.6 is 0 Å². The Balaban J connectivity index is 2.21. The molecule has 1 aromatic carbocycles. The summed E-state index contributed by atoms with van der Waals surface area (Å²) < 4.78 is 0. The number of rotatable bonds is 1. The van der Waals surface area contributed by atoms with E-state index in [0.717, 1.165) is 22.2 Å². The fraction of sp³-hybridized carbons (Fsp3) is 0. The lowest BCUT2D eigenvalue weighted by atomic mass is 10.1. The molecule has 0 radical (unpaired) electrons. The summed E-state index contributed by atoms with van der Waals surface area (Å²) in [6.45, 7) is 0. The van der Waals surface area contributed by atoms with Crippen LogP contribution in [0.25, 0.3) is 22.2 Å². The average molecular weight is 223 g/mol. The van der Waals surface area contributed by atoms with Gasteiger partial charge < -0.3 is 4.98 Å². The minimum atomic E-state index is -0.339. The van der Waals surface area contributed by atoms with Gasteiger partial charge in [0, 0.05) is 17.8 Å². The fourth-order valence-electron chi connectivity index (χ4n) is 1.78. The Morgan fingerprint density at radius 3 is 2.82 bits per heavy atom. The molecule has 0 amide bonds. The van der Waals surface area contributed by atoms with Gasteiger partial charge in [0.15, 0.2) is 0 Å². The van der Waals surface area contributed by atoms with E-state index in [9.17, 15) is 4.79 Å². The zero-order valence-electron chi connectivity index (χ0n) is 8.92. The van der Waals surface area contributed by atoms with Crippen molar-refractivity contribution in [2.75, 3.05) is 0 Å². The Morgan fingerprint density at radius 1 is 1.00 bits per heavy atom. The van der Waals surface area contributed by atoms with Crippen LogP contribution < -0.4 is 5.69 Å². The Kier molecular flexibility index (Phi) is 2.19. The molecule has 0 aliphatic rings. The fourth-order valence-corrected chi connectivity index (χ4v) is 1.78. The number of nitrogens with one attached hydrogen (secondary N) is 1. The third kappa shape index (κ3) is 1.80. The minimum Gasteiger partial charge on any atom is -0.305 e. The topological polar surface area (TPSA) is 58.6 Å². The maximum absolute atomic E-state index is 11.1. The molecule has 2 heterocycles. The van der Waals surface area contributed by atoms with Crippen molar-refractivity contribution in [2.24, 2.45) is 0 Å². The summed E-state index contributed by atoms with van der Waals surface area (Å²) in [4.78, 5) is 21.7. The highest BCUT2D eigenvalue weighted by Gasteiger charge is 2.00. The quantitative estimate of drug-likeness (QED) is 0.686. The number of fused-ring (bicyclic) bond motifs is 1. The molecule has 0 spiro atoms. The predicted octanol–water partition coefficient (Wildman–Crippen LogP) is 1.99.